The molecule has 4 heteroatoms. The summed E-state index contributed by atoms with van der Waals surface area (Å²) in [6, 6.07) is 5.93. The second-order valence-corrected chi connectivity index (χ2v) is 6.15. The van der Waals surface area contributed by atoms with Crippen molar-refractivity contribution in [2.75, 3.05) is 25.0 Å². The quantitative estimate of drug-likeness (QED) is 0.908. The van der Waals surface area contributed by atoms with Crippen molar-refractivity contribution >= 4 is 11.6 Å². The molecular formula is C18H28N2O2. The summed E-state index contributed by atoms with van der Waals surface area (Å²) in [5.41, 5.74) is 3.15. The zero-order valence-electron chi connectivity index (χ0n) is 14.2. The highest BCUT2D eigenvalue weighted by Crippen LogP contribution is 2.21. The number of nitrogens with zero attached hydrogens (tertiary/aromatic N) is 1. The smallest absolute Gasteiger partial charge is 0.241 e. The monoisotopic (exact) mass is 304 g/mol. The Labute approximate surface area is 133 Å². The van der Waals surface area contributed by atoms with Gasteiger partial charge in [0, 0.05) is 18.8 Å². The third kappa shape index (κ3) is 4.08. The standard InChI is InChI=1S/C18H28N2O2/c1-5-22-16-10-7-11-20(12-16)15(4)18(21)19-17-13(2)8-6-9-14(17)3/h6,8-9,15-16H,5,7,10-12H2,1-4H3,(H,19,21). The number of ether oxygens (including phenoxy) is 1. The minimum Gasteiger partial charge on any atom is -0.377 e. The molecule has 0 aliphatic carbocycles. The van der Waals surface area contributed by atoms with Crippen LogP contribution in [0.1, 0.15) is 37.8 Å². The van der Waals surface area contributed by atoms with Crippen LogP contribution in [-0.4, -0.2) is 42.6 Å². The van der Waals surface area contributed by atoms with Crippen LogP contribution in [0.5, 0.6) is 0 Å². The molecule has 1 aromatic rings. The molecule has 0 bridgehead atoms. The summed E-state index contributed by atoms with van der Waals surface area (Å²) < 4.78 is 5.73. The Morgan fingerprint density at radius 2 is 2.09 bits per heavy atom. The lowest BCUT2D eigenvalue weighted by Crippen LogP contribution is -2.49. The van der Waals surface area contributed by atoms with E-state index in [-0.39, 0.29) is 18.1 Å². The number of anilines is 1. The maximum absolute atomic E-state index is 12.6. The number of aryl methyl sites for hydroxylation is 2. The summed E-state index contributed by atoms with van der Waals surface area (Å²) >= 11 is 0. The Morgan fingerprint density at radius 1 is 1.41 bits per heavy atom. The van der Waals surface area contributed by atoms with Gasteiger partial charge in [0.1, 0.15) is 0 Å². The van der Waals surface area contributed by atoms with Gasteiger partial charge >= 0.3 is 0 Å². The Balaban J connectivity index is 2.00. The number of hydrogen-bond acceptors (Lipinski definition) is 3. The van der Waals surface area contributed by atoms with Gasteiger partial charge < -0.3 is 10.1 Å². The Bertz CT molecular complexity index is 494. The highest BCUT2D eigenvalue weighted by Gasteiger charge is 2.27. The van der Waals surface area contributed by atoms with E-state index in [0.717, 1.165) is 49.4 Å². The summed E-state index contributed by atoms with van der Waals surface area (Å²) in [5.74, 6) is 0.0644. The number of benzene rings is 1. The van der Waals surface area contributed by atoms with Gasteiger partial charge in [0.25, 0.3) is 0 Å². The molecule has 0 radical (unpaired) electrons. The molecule has 2 unspecified atom stereocenters. The molecule has 1 fully saturated rings. The van der Waals surface area contributed by atoms with Gasteiger partial charge in [-0.15, -0.1) is 0 Å². The molecule has 1 N–H and O–H groups in total. The molecule has 1 aliphatic rings. The predicted octanol–water partition coefficient (Wildman–Crippen LogP) is 3.13. The van der Waals surface area contributed by atoms with Crippen LogP contribution in [0.4, 0.5) is 5.69 Å². The number of para-hydroxylation sites is 1. The largest absolute Gasteiger partial charge is 0.377 e. The molecular weight excluding hydrogens is 276 g/mol. The molecule has 1 saturated heterocycles. The van der Waals surface area contributed by atoms with Gasteiger partial charge in [-0.05, 0) is 58.2 Å². The van der Waals surface area contributed by atoms with E-state index < -0.39 is 0 Å². The van der Waals surface area contributed by atoms with Gasteiger partial charge in [-0.3, -0.25) is 9.69 Å². The number of carbonyl (C=O) groups excluding carboxylic acids is 1. The molecule has 1 heterocycles. The van der Waals surface area contributed by atoms with Crippen molar-refractivity contribution in [2.24, 2.45) is 0 Å². The lowest BCUT2D eigenvalue weighted by atomic mass is 10.1. The van der Waals surface area contributed by atoms with E-state index in [0.29, 0.717) is 0 Å². The van der Waals surface area contributed by atoms with E-state index in [1.165, 1.54) is 0 Å². The molecule has 0 saturated carbocycles. The minimum absolute atomic E-state index is 0.0644. The fourth-order valence-corrected chi connectivity index (χ4v) is 3.09. The van der Waals surface area contributed by atoms with E-state index in [1.807, 2.05) is 45.9 Å². The molecule has 1 amide bonds. The van der Waals surface area contributed by atoms with Gasteiger partial charge in [0.05, 0.1) is 12.1 Å². The highest BCUT2D eigenvalue weighted by molar-refractivity contribution is 5.95. The lowest BCUT2D eigenvalue weighted by molar-refractivity contribution is -0.122. The van der Waals surface area contributed by atoms with Crippen molar-refractivity contribution in [2.45, 2.75) is 52.7 Å². The minimum atomic E-state index is -0.137. The third-order valence-corrected chi connectivity index (χ3v) is 4.47. The van der Waals surface area contributed by atoms with E-state index in [2.05, 4.69) is 10.2 Å². The van der Waals surface area contributed by atoms with Crippen molar-refractivity contribution in [3.63, 3.8) is 0 Å². The van der Waals surface area contributed by atoms with Crippen LogP contribution in [0.25, 0.3) is 0 Å². The average Bonchev–Trinajstić information content (AvgIpc) is 2.51. The molecule has 1 aromatic carbocycles. The predicted molar refractivity (Wildman–Crippen MR) is 90.2 cm³/mol. The molecule has 0 spiro atoms. The summed E-state index contributed by atoms with van der Waals surface area (Å²) in [4.78, 5) is 14.8. The van der Waals surface area contributed by atoms with Crippen LogP contribution in [0.3, 0.4) is 0 Å². The maximum atomic E-state index is 12.6. The first-order chi connectivity index (χ1) is 10.5. The number of piperidine rings is 1. The molecule has 2 rings (SSSR count). The van der Waals surface area contributed by atoms with Crippen molar-refractivity contribution in [1.29, 1.82) is 0 Å². The van der Waals surface area contributed by atoms with Gasteiger partial charge in [0.2, 0.25) is 5.91 Å². The Hall–Kier alpha value is -1.39. The van der Waals surface area contributed by atoms with Gasteiger partial charge in [0.15, 0.2) is 0 Å². The summed E-state index contributed by atoms with van der Waals surface area (Å²) in [6.07, 6.45) is 2.44. The van der Waals surface area contributed by atoms with Crippen molar-refractivity contribution in [1.82, 2.24) is 4.90 Å². The third-order valence-electron chi connectivity index (χ3n) is 4.47. The van der Waals surface area contributed by atoms with Gasteiger partial charge in [-0.1, -0.05) is 18.2 Å². The van der Waals surface area contributed by atoms with Crippen LogP contribution < -0.4 is 5.32 Å². The van der Waals surface area contributed by atoms with E-state index >= 15 is 0 Å². The first-order valence-corrected chi connectivity index (χ1v) is 8.25. The first-order valence-electron chi connectivity index (χ1n) is 8.25. The second-order valence-electron chi connectivity index (χ2n) is 6.15. The SMILES string of the molecule is CCOC1CCCN(C(C)C(=O)Nc2c(C)cccc2C)C1. The van der Waals surface area contributed by atoms with E-state index in [9.17, 15) is 4.79 Å². The number of carbonyl (C=O) groups is 1. The van der Waals surface area contributed by atoms with Crippen LogP contribution >= 0.6 is 0 Å². The molecule has 2 atom stereocenters. The number of nitrogens with one attached hydrogen (secondary N) is 1. The van der Waals surface area contributed by atoms with E-state index in [4.69, 9.17) is 4.74 Å². The normalized spacial score (nSPS) is 20.6. The number of rotatable bonds is 5. The first kappa shape index (κ1) is 17.0. The molecule has 22 heavy (non-hydrogen) atoms. The fraction of sp³-hybridized carbons (Fsp3) is 0.611. The van der Waals surface area contributed by atoms with Crippen LogP contribution in [0, 0.1) is 13.8 Å². The zero-order valence-corrected chi connectivity index (χ0v) is 14.2. The lowest BCUT2D eigenvalue weighted by Gasteiger charge is -2.35. The van der Waals surface area contributed by atoms with Crippen molar-refractivity contribution in [3.8, 4) is 0 Å². The Morgan fingerprint density at radius 3 is 2.73 bits per heavy atom. The van der Waals surface area contributed by atoms with Crippen LogP contribution in [0.2, 0.25) is 0 Å². The topological polar surface area (TPSA) is 41.6 Å². The number of likely N-dealkylation sites (tertiary alicyclic amines) is 1. The van der Waals surface area contributed by atoms with Crippen LogP contribution in [0.15, 0.2) is 18.2 Å². The van der Waals surface area contributed by atoms with Gasteiger partial charge in [-0.2, -0.15) is 0 Å². The van der Waals surface area contributed by atoms with E-state index in [1.54, 1.807) is 0 Å². The maximum Gasteiger partial charge on any atom is 0.241 e. The Kier molecular flexibility index (Phi) is 5.98. The summed E-state index contributed by atoms with van der Waals surface area (Å²) in [6.45, 7) is 10.6. The molecule has 1 aliphatic heterocycles. The molecule has 4 nitrogen and oxygen atoms in total. The molecule has 122 valence electrons. The average molecular weight is 304 g/mol. The molecule has 0 aromatic heterocycles. The zero-order chi connectivity index (χ0) is 16.1. The van der Waals surface area contributed by atoms with Gasteiger partial charge in [-0.25, -0.2) is 0 Å². The van der Waals surface area contributed by atoms with Crippen molar-refractivity contribution < 1.29 is 9.53 Å². The number of hydrogen-bond donors (Lipinski definition) is 1. The van der Waals surface area contributed by atoms with Crippen LogP contribution in [-0.2, 0) is 9.53 Å². The van der Waals surface area contributed by atoms with Crippen molar-refractivity contribution in [3.05, 3.63) is 29.3 Å². The number of amides is 1. The highest BCUT2D eigenvalue weighted by atomic mass is 16.5. The summed E-state index contributed by atoms with van der Waals surface area (Å²) in [7, 11) is 0. The fourth-order valence-electron chi connectivity index (χ4n) is 3.09. The summed E-state index contributed by atoms with van der Waals surface area (Å²) in [5, 5.41) is 3.10. The second kappa shape index (κ2) is 7.75.